The summed E-state index contributed by atoms with van der Waals surface area (Å²) in [5, 5.41) is 12.7. The second-order valence-electron chi connectivity index (χ2n) is 4.67. The number of anilines is 1. The van der Waals surface area contributed by atoms with E-state index in [2.05, 4.69) is 10.3 Å². The Labute approximate surface area is 111 Å². The molecule has 0 amide bonds. The predicted molar refractivity (Wildman–Crippen MR) is 71.3 cm³/mol. The lowest BCUT2D eigenvalue weighted by atomic mass is 10.1. The third-order valence-corrected chi connectivity index (χ3v) is 3.50. The molecule has 0 aromatic carbocycles. The Hall–Kier alpha value is -1.29. The van der Waals surface area contributed by atoms with Gasteiger partial charge in [0.1, 0.15) is 16.5 Å². The van der Waals surface area contributed by atoms with Crippen LogP contribution in [0.5, 0.6) is 0 Å². The van der Waals surface area contributed by atoms with Gasteiger partial charge in [-0.3, -0.25) is 0 Å². The molecule has 5 heteroatoms. The second kappa shape index (κ2) is 6.05. The van der Waals surface area contributed by atoms with Crippen LogP contribution in [-0.2, 0) is 0 Å². The minimum atomic E-state index is -0.977. The molecule has 1 aliphatic carbocycles. The number of aromatic carboxylic acids is 1. The van der Waals surface area contributed by atoms with E-state index in [0.717, 1.165) is 12.8 Å². The zero-order valence-electron chi connectivity index (χ0n) is 10.2. The zero-order chi connectivity index (χ0) is 13.0. The molecule has 0 atom stereocenters. The molecule has 0 bridgehead atoms. The van der Waals surface area contributed by atoms with Crippen molar-refractivity contribution in [3.05, 3.63) is 22.8 Å². The van der Waals surface area contributed by atoms with Crippen LogP contribution in [0.25, 0.3) is 0 Å². The lowest BCUT2D eigenvalue weighted by molar-refractivity contribution is 0.0697. The monoisotopic (exact) mass is 268 g/mol. The van der Waals surface area contributed by atoms with Crippen molar-refractivity contribution in [3.63, 3.8) is 0 Å². The molecule has 0 unspecified atom stereocenters. The summed E-state index contributed by atoms with van der Waals surface area (Å²) in [6.45, 7) is 0. The van der Waals surface area contributed by atoms with Crippen LogP contribution in [0.4, 0.5) is 5.82 Å². The van der Waals surface area contributed by atoms with Crippen molar-refractivity contribution < 1.29 is 9.90 Å². The van der Waals surface area contributed by atoms with Gasteiger partial charge < -0.3 is 10.4 Å². The number of nitrogens with zero attached hydrogens (tertiary/aromatic N) is 1. The number of rotatable bonds is 3. The Bertz CT molecular complexity index is 429. The van der Waals surface area contributed by atoms with E-state index in [-0.39, 0.29) is 5.56 Å². The van der Waals surface area contributed by atoms with Gasteiger partial charge in [-0.25, -0.2) is 9.78 Å². The van der Waals surface area contributed by atoms with Gasteiger partial charge in [-0.05, 0) is 25.0 Å². The highest BCUT2D eigenvalue weighted by molar-refractivity contribution is 6.29. The molecule has 4 nitrogen and oxygen atoms in total. The van der Waals surface area contributed by atoms with Crippen LogP contribution in [0, 0.1) is 0 Å². The molecule has 0 spiro atoms. The number of hydrogen-bond donors (Lipinski definition) is 2. The molecule has 1 aliphatic rings. The van der Waals surface area contributed by atoms with Gasteiger partial charge in [-0.15, -0.1) is 0 Å². The molecule has 1 aromatic heterocycles. The molecule has 1 saturated carbocycles. The summed E-state index contributed by atoms with van der Waals surface area (Å²) in [7, 11) is 0. The molecular formula is C13H17ClN2O2. The summed E-state index contributed by atoms with van der Waals surface area (Å²) in [5.41, 5.74) is 0.184. The molecular weight excluding hydrogens is 252 g/mol. The fraction of sp³-hybridized carbons (Fsp3) is 0.538. The lowest BCUT2D eigenvalue weighted by Crippen LogP contribution is -2.21. The zero-order valence-corrected chi connectivity index (χ0v) is 10.9. The number of carbonyl (C=O) groups is 1. The highest BCUT2D eigenvalue weighted by Crippen LogP contribution is 2.23. The van der Waals surface area contributed by atoms with Crippen LogP contribution >= 0.6 is 11.6 Å². The molecule has 1 heterocycles. The number of carboxylic acids is 1. The van der Waals surface area contributed by atoms with E-state index in [1.807, 2.05) is 0 Å². The van der Waals surface area contributed by atoms with Gasteiger partial charge in [-0.1, -0.05) is 37.3 Å². The second-order valence-corrected chi connectivity index (χ2v) is 5.06. The van der Waals surface area contributed by atoms with E-state index < -0.39 is 5.97 Å². The summed E-state index contributed by atoms with van der Waals surface area (Å²) in [6, 6.07) is 3.30. The maximum Gasteiger partial charge on any atom is 0.339 e. The van der Waals surface area contributed by atoms with Crippen molar-refractivity contribution in [1.29, 1.82) is 0 Å². The molecule has 0 saturated heterocycles. The Morgan fingerprint density at radius 1 is 1.28 bits per heavy atom. The fourth-order valence-electron chi connectivity index (χ4n) is 2.33. The molecule has 1 fully saturated rings. The first-order valence-corrected chi connectivity index (χ1v) is 6.71. The summed E-state index contributed by atoms with van der Waals surface area (Å²) in [4.78, 5) is 15.2. The van der Waals surface area contributed by atoms with E-state index in [1.54, 1.807) is 0 Å². The number of hydrogen-bond acceptors (Lipinski definition) is 3. The first kappa shape index (κ1) is 13.1. The van der Waals surface area contributed by atoms with Crippen LogP contribution in [0.1, 0.15) is 48.9 Å². The van der Waals surface area contributed by atoms with Crippen LogP contribution < -0.4 is 5.32 Å². The minimum absolute atomic E-state index is 0.184. The molecule has 2 N–H and O–H groups in total. The first-order valence-electron chi connectivity index (χ1n) is 6.33. The van der Waals surface area contributed by atoms with Gasteiger partial charge in [0.05, 0.1) is 0 Å². The molecule has 98 valence electrons. The van der Waals surface area contributed by atoms with Crippen molar-refractivity contribution in [2.24, 2.45) is 0 Å². The molecule has 2 rings (SSSR count). The average molecular weight is 269 g/mol. The summed E-state index contributed by atoms with van der Waals surface area (Å²) in [5.74, 6) is -0.586. The van der Waals surface area contributed by atoms with E-state index >= 15 is 0 Å². The van der Waals surface area contributed by atoms with E-state index in [9.17, 15) is 4.79 Å². The van der Waals surface area contributed by atoms with E-state index in [0.29, 0.717) is 17.0 Å². The highest BCUT2D eigenvalue weighted by Gasteiger charge is 2.17. The topological polar surface area (TPSA) is 62.2 Å². The summed E-state index contributed by atoms with van der Waals surface area (Å²) in [6.07, 6.45) is 7.00. The van der Waals surface area contributed by atoms with Gasteiger partial charge in [0.15, 0.2) is 0 Å². The van der Waals surface area contributed by atoms with Crippen molar-refractivity contribution in [1.82, 2.24) is 4.98 Å². The van der Waals surface area contributed by atoms with Crippen LogP contribution in [0.3, 0.4) is 0 Å². The Morgan fingerprint density at radius 3 is 2.56 bits per heavy atom. The SMILES string of the molecule is O=C(O)c1ccc(Cl)nc1NC1CCCCCC1. The standard InChI is InChI=1S/C13H17ClN2O2/c14-11-8-7-10(13(17)18)12(16-11)15-9-5-3-1-2-4-6-9/h7-9H,1-6H2,(H,15,16)(H,17,18). The van der Waals surface area contributed by atoms with Crippen LogP contribution in [0.2, 0.25) is 5.15 Å². The van der Waals surface area contributed by atoms with Gasteiger partial charge in [0.25, 0.3) is 0 Å². The molecule has 18 heavy (non-hydrogen) atoms. The van der Waals surface area contributed by atoms with E-state index in [4.69, 9.17) is 16.7 Å². The van der Waals surface area contributed by atoms with Crippen molar-refractivity contribution in [2.45, 2.75) is 44.6 Å². The van der Waals surface area contributed by atoms with Crippen LogP contribution in [-0.4, -0.2) is 22.1 Å². The highest BCUT2D eigenvalue weighted by atomic mass is 35.5. The maximum atomic E-state index is 11.1. The third-order valence-electron chi connectivity index (χ3n) is 3.29. The Kier molecular flexibility index (Phi) is 4.42. The lowest BCUT2D eigenvalue weighted by Gasteiger charge is -2.18. The minimum Gasteiger partial charge on any atom is -0.478 e. The Balaban J connectivity index is 2.15. The van der Waals surface area contributed by atoms with Crippen molar-refractivity contribution in [3.8, 4) is 0 Å². The fourth-order valence-corrected chi connectivity index (χ4v) is 2.48. The van der Waals surface area contributed by atoms with Gasteiger partial charge in [0, 0.05) is 6.04 Å². The number of halogens is 1. The molecule has 0 aliphatic heterocycles. The van der Waals surface area contributed by atoms with Gasteiger partial charge in [0.2, 0.25) is 0 Å². The van der Waals surface area contributed by atoms with Gasteiger partial charge in [-0.2, -0.15) is 0 Å². The normalized spacial score (nSPS) is 17.2. The van der Waals surface area contributed by atoms with Crippen molar-refractivity contribution in [2.75, 3.05) is 5.32 Å². The average Bonchev–Trinajstić information content (AvgIpc) is 2.57. The van der Waals surface area contributed by atoms with Crippen LogP contribution in [0.15, 0.2) is 12.1 Å². The molecule has 0 radical (unpaired) electrons. The number of pyridine rings is 1. The van der Waals surface area contributed by atoms with Gasteiger partial charge >= 0.3 is 5.97 Å². The third kappa shape index (κ3) is 3.35. The van der Waals surface area contributed by atoms with E-state index in [1.165, 1.54) is 37.8 Å². The smallest absolute Gasteiger partial charge is 0.339 e. The quantitative estimate of drug-likeness (QED) is 0.650. The predicted octanol–water partition coefficient (Wildman–Crippen LogP) is 3.57. The summed E-state index contributed by atoms with van der Waals surface area (Å²) < 4.78 is 0. The maximum absolute atomic E-state index is 11.1. The summed E-state index contributed by atoms with van der Waals surface area (Å²) >= 11 is 5.83. The number of nitrogens with one attached hydrogen (secondary N) is 1. The largest absolute Gasteiger partial charge is 0.478 e. The number of aromatic nitrogens is 1. The van der Waals surface area contributed by atoms with Crippen molar-refractivity contribution >= 4 is 23.4 Å². The molecule has 1 aromatic rings. The first-order chi connectivity index (χ1) is 8.66. The number of carboxylic acid groups (broad SMARTS) is 1. The Morgan fingerprint density at radius 2 is 1.94 bits per heavy atom.